The van der Waals surface area contributed by atoms with E-state index < -0.39 is 0 Å². The lowest BCUT2D eigenvalue weighted by molar-refractivity contribution is 0.122. The smallest absolute Gasteiger partial charge is 0.181 e. The first-order chi connectivity index (χ1) is 6.81. The zero-order valence-corrected chi connectivity index (χ0v) is 8.62. The van der Waals surface area contributed by atoms with Crippen LogP contribution < -0.4 is 5.32 Å². The Morgan fingerprint density at radius 1 is 1.64 bits per heavy atom. The van der Waals surface area contributed by atoms with Crippen LogP contribution in [0.15, 0.2) is 10.8 Å². The molecule has 1 aromatic heterocycles. The summed E-state index contributed by atoms with van der Waals surface area (Å²) in [6.07, 6.45) is 2.89. The number of aromatic nitrogens is 1. The molecule has 0 saturated carbocycles. The molecule has 14 heavy (non-hydrogen) atoms. The molecule has 1 aliphatic rings. The summed E-state index contributed by atoms with van der Waals surface area (Å²) < 4.78 is 10.9. The van der Waals surface area contributed by atoms with Crippen LogP contribution in [0.3, 0.4) is 0 Å². The van der Waals surface area contributed by atoms with E-state index >= 15 is 0 Å². The topological polar surface area (TPSA) is 47.3 Å². The maximum atomic E-state index is 5.51. The standard InChI is InChI=1S/C10H16N2O2/c1-7-3-8(5-13-7)10-9(4-11-2)12-6-14-10/h6-8,11H,3-5H2,1-2H3. The zero-order chi connectivity index (χ0) is 9.97. The summed E-state index contributed by atoms with van der Waals surface area (Å²) in [4.78, 5) is 4.19. The molecule has 0 radical (unpaired) electrons. The van der Waals surface area contributed by atoms with Gasteiger partial charge in [0.25, 0.3) is 0 Å². The third-order valence-electron chi connectivity index (χ3n) is 2.59. The monoisotopic (exact) mass is 196 g/mol. The zero-order valence-electron chi connectivity index (χ0n) is 8.62. The van der Waals surface area contributed by atoms with Crippen molar-refractivity contribution in [2.45, 2.75) is 31.9 Å². The Labute approximate surface area is 83.7 Å². The Morgan fingerprint density at radius 3 is 3.14 bits per heavy atom. The molecule has 2 rings (SSSR count). The minimum atomic E-state index is 0.340. The van der Waals surface area contributed by atoms with Crippen molar-refractivity contribution in [3.63, 3.8) is 0 Å². The van der Waals surface area contributed by atoms with Gasteiger partial charge in [0.2, 0.25) is 0 Å². The molecule has 0 aliphatic carbocycles. The average Bonchev–Trinajstić information content (AvgIpc) is 2.74. The summed E-state index contributed by atoms with van der Waals surface area (Å²) in [5, 5.41) is 3.08. The summed E-state index contributed by atoms with van der Waals surface area (Å²) in [6.45, 7) is 3.61. The van der Waals surface area contributed by atoms with Crippen molar-refractivity contribution in [1.29, 1.82) is 0 Å². The number of ether oxygens (including phenoxy) is 1. The number of nitrogens with zero attached hydrogens (tertiary/aromatic N) is 1. The van der Waals surface area contributed by atoms with Gasteiger partial charge < -0.3 is 14.5 Å². The van der Waals surface area contributed by atoms with Crippen molar-refractivity contribution in [2.24, 2.45) is 0 Å². The second-order valence-electron chi connectivity index (χ2n) is 3.77. The molecule has 1 N–H and O–H groups in total. The van der Waals surface area contributed by atoms with E-state index in [4.69, 9.17) is 9.15 Å². The van der Waals surface area contributed by atoms with Crippen LogP contribution in [0.2, 0.25) is 0 Å². The summed E-state index contributed by atoms with van der Waals surface area (Å²) in [7, 11) is 1.91. The molecular weight excluding hydrogens is 180 g/mol. The summed E-state index contributed by atoms with van der Waals surface area (Å²) >= 11 is 0. The quantitative estimate of drug-likeness (QED) is 0.791. The van der Waals surface area contributed by atoms with Crippen molar-refractivity contribution >= 4 is 0 Å². The first kappa shape index (κ1) is 9.68. The fraction of sp³-hybridized carbons (Fsp3) is 0.700. The summed E-state index contributed by atoms with van der Waals surface area (Å²) in [5.74, 6) is 1.37. The fourth-order valence-electron chi connectivity index (χ4n) is 1.91. The van der Waals surface area contributed by atoms with Gasteiger partial charge in [0.05, 0.1) is 18.4 Å². The molecule has 1 aromatic rings. The molecule has 1 saturated heterocycles. The molecular formula is C10H16N2O2. The highest BCUT2D eigenvalue weighted by atomic mass is 16.5. The highest BCUT2D eigenvalue weighted by Gasteiger charge is 2.28. The first-order valence-corrected chi connectivity index (χ1v) is 4.99. The molecule has 0 spiro atoms. The van der Waals surface area contributed by atoms with Gasteiger partial charge in [-0.25, -0.2) is 4.98 Å². The van der Waals surface area contributed by atoms with Crippen LogP contribution in [-0.2, 0) is 11.3 Å². The van der Waals surface area contributed by atoms with E-state index in [1.807, 2.05) is 7.05 Å². The number of oxazole rings is 1. The fourth-order valence-corrected chi connectivity index (χ4v) is 1.91. The molecule has 4 heteroatoms. The van der Waals surface area contributed by atoms with Crippen LogP contribution in [0.25, 0.3) is 0 Å². The van der Waals surface area contributed by atoms with Crippen LogP contribution in [-0.4, -0.2) is 24.7 Å². The van der Waals surface area contributed by atoms with Gasteiger partial charge in [-0.05, 0) is 20.4 Å². The van der Waals surface area contributed by atoms with Crippen LogP contribution in [0, 0.1) is 0 Å². The Hall–Kier alpha value is -0.870. The van der Waals surface area contributed by atoms with Crippen LogP contribution in [0.4, 0.5) is 0 Å². The molecule has 0 aromatic carbocycles. The Bertz CT molecular complexity index is 298. The van der Waals surface area contributed by atoms with Crippen molar-refractivity contribution < 1.29 is 9.15 Å². The first-order valence-electron chi connectivity index (χ1n) is 4.99. The largest absolute Gasteiger partial charge is 0.448 e. The van der Waals surface area contributed by atoms with E-state index in [-0.39, 0.29) is 0 Å². The minimum Gasteiger partial charge on any atom is -0.448 e. The molecule has 0 amide bonds. The van der Waals surface area contributed by atoms with E-state index in [9.17, 15) is 0 Å². The Balaban J connectivity index is 2.11. The average molecular weight is 196 g/mol. The van der Waals surface area contributed by atoms with E-state index in [2.05, 4.69) is 17.2 Å². The molecule has 2 unspecified atom stereocenters. The highest BCUT2D eigenvalue weighted by Crippen LogP contribution is 2.30. The number of nitrogens with one attached hydrogen (secondary N) is 1. The van der Waals surface area contributed by atoms with Gasteiger partial charge in [0.15, 0.2) is 6.39 Å². The lowest BCUT2D eigenvalue weighted by Crippen LogP contribution is -2.09. The molecule has 4 nitrogen and oxygen atoms in total. The number of hydrogen-bond acceptors (Lipinski definition) is 4. The molecule has 78 valence electrons. The molecule has 1 aliphatic heterocycles. The van der Waals surface area contributed by atoms with Crippen molar-refractivity contribution in [1.82, 2.24) is 10.3 Å². The minimum absolute atomic E-state index is 0.340. The highest BCUT2D eigenvalue weighted by molar-refractivity contribution is 5.14. The van der Waals surface area contributed by atoms with Gasteiger partial charge >= 0.3 is 0 Å². The van der Waals surface area contributed by atoms with Gasteiger partial charge in [-0.3, -0.25) is 0 Å². The van der Waals surface area contributed by atoms with Crippen LogP contribution in [0.1, 0.15) is 30.7 Å². The van der Waals surface area contributed by atoms with Gasteiger partial charge in [-0.15, -0.1) is 0 Å². The van der Waals surface area contributed by atoms with Gasteiger partial charge in [-0.2, -0.15) is 0 Å². The number of rotatable bonds is 3. The van der Waals surface area contributed by atoms with E-state index in [0.717, 1.165) is 31.0 Å². The lowest BCUT2D eigenvalue weighted by Gasteiger charge is -2.05. The van der Waals surface area contributed by atoms with Crippen molar-refractivity contribution in [3.05, 3.63) is 17.8 Å². The van der Waals surface area contributed by atoms with E-state index in [1.54, 1.807) is 0 Å². The summed E-state index contributed by atoms with van der Waals surface area (Å²) in [6, 6.07) is 0. The summed E-state index contributed by atoms with van der Waals surface area (Å²) in [5.41, 5.74) is 1.01. The van der Waals surface area contributed by atoms with E-state index in [1.165, 1.54) is 6.39 Å². The molecule has 1 fully saturated rings. The predicted octanol–water partition coefficient (Wildman–Crippen LogP) is 1.29. The van der Waals surface area contributed by atoms with Crippen molar-refractivity contribution in [3.8, 4) is 0 Å². The van der Waals surface area contributed by atoms with Crippen molar-refractivity contribution in [2.75, 3.05) is 13.7 Å². The number of hydrogen-bond donors (Lipinski definition) is 1. The molecule has 2 heterocycles. The van der Waals surface area contributed by atoms with Crippen LogP contribution >= 0.6 is 0 Å². The van der Waals surface area contributed by atoms with Gasteiger partial charge in [0, 0.05) is 12.5 Å². The Morgan fingerprint density at radius 2 is 2.50 bits per heavy atom. The SMILES string of the molecule is CNCc1ncoc1C1COC(C)C1. The van der Waals surface area contributed by atoms with Gasteiger partial charge in [-0.1, -0.05) is 0 Å². The van der Waals surface area contributed by atoms with Gasteiger partial charge in [0.1, 0.15) is 5.76 Å². The van der Waals surface area contributed by atoms with E-state index in [0.29, 0.717) is 12.0 Å². The Kier molecular flexibility index (Phi) is 2.84. The third kappa shape index (κ3) is 1.81. The third-order valence-corrected chi connectivity index (χ3v) is 2.59. The second-order valence-corrected chi connectivity index (χ2v) is 3.77. The molecule has 0 bridgehead atoms. The lowest BCUT2D eigenvalue weighted by atomic mass is 10.0. The molecule has 2 atom stereocenters. The predicted molar refractivity (Wildman–Crippen MR) is 52.0 cm³/mol. The maximum Gasteiger partial charge on any atom is 0.181 e. The second kappa shape index (κ2) is 4.11. The van der Waals surface area contributed by atoms with Crippen LogP contribution in [0.5, 0.6) is 0 Å². The normalized spacial score (nSPS) is 27.0. The maximum absolute atomic E-state index is 5.51.